The van der Waals surface area contributed by atoms with Gasteiger partial charge in [-0.1, -0.05) is 20.3 Å². The SMILES string of the molecule is CCC(C)CSc1cc(N)cc(S(N)(=O)=O)c1. The molecule has 0 aliphatic heterocycles. The number of thioether (sulfide) groups is 1. The van der Waals surface area contributed by atoms with Gasteiger partial charge in [-0.05, 0) is 24.1 Å². The molecule has 1 aromatic carbocycles. The largest absolute Gasteiger partial charge is 0.399 e. The summed E-state index contributed by atoms with van der Waals surface area (Å²) in [6.45, 7) is 4.28. The van der Waals surface area contributed by atoms with Gasteiger partial charge in [0.05, 0.1) is 4.90 Å². The summed E-state index contributed by atoms with van der Waals surface area (Å²) in [5.74, 6) is 1.52. The van der Waals surface area contributed by atoms with E-state index in [0.29, 0.717) is 11.6 Å². The fourth-order valence-electron chi connectivity index (χ4n) is 1.20. The van der Waals surface area contributed by atoms with E-state index in [1.807, 2.05) is 0 Å². The lowest BCUT2D eigenvalue weighted by atomic mass is 10.2. The molecule has 0 fully saturated rings. The quantitative estimate of drug-likeness (QED) is 0.635. The summed E-state index contributed by atoms with van der Waals surface area (Å²) in [6, 6.07) is 4.71. The van der Waals surface area contributed by atoms with Crippen molar-refractivity contribution in [3.8, 4) is 0 Å². The fraction of sp³-hybridized carbons (Fsp3) is 0.455. The molecule has 0 amide bonds. The van der Waals surface area contributed by atoms with Crippen LogP contribution in [-0.2, 0) is 10.0 Å². The smallest absolute Gasteiger partial charge is 0.238 e. The number of hydrogen-bond donors (Lipinski definition) is 2. The van der Waals surface area contributed by atoms with Crippen LogP contribution >= 0.6 is 11.8 Å². The molecule has 96 valence electrons. The molecule has 0 aliphatic rings. The number of sulfonamides is 1. The minimum atomic E-state index is -3.69. The Labute approximate surface area is 107 Å². The highest BCUT2D eigenvalue weighted by Gasteiger charge is 2.10. The highest BCUT2D eigenvalue weighted by atomic mass is 32.2. The van der Waals surface area contributed by atoms with Crippen molar-refractivity contribution in [1.82, 2.24) is 0 Å². The second kappa shape index (κ2) is 5.75. The van der Waals surface area contributed by atoms with Gasteiger partial charge in [-0.2, -0.15) is 0 Å². The molecule has 17 heavy (non-hydrogen) atoms. The topological polar surface area (TPSA) is 86.2 Å². The third-order valence-electron chi connectivity index (χ3n) is 2.46. The molecular formula is C11H18N2O2S2. The van der Waals surface area contributed by atoms with Crippen molar-refractivity contribution >= 4 is 27.5 Å². The third kappa shape index (κ3) is 4.57. The molecule has 0 heterocycles. The summed E-state index contributed by atoms with van der Waals surface area (Å²) >= 11 is 1.60. The maximum atomic E-state index is 11.2. The predicted molar refractivity (Wildman–Crippen MR) is 72.4 cm³/mol. The van der Waals surface area contributed by atoms with E-state index in [9.17, 15) is 8.42 Å². The highest BCUT2D eigenvalue weighted by Crippen LogP contribution is 2.26. The second-order valence-corrected chi connectivity index (χ2v) is 6.76. The molecule has 0 radical (unpaired) electrons. The number of rotatable bonds is 5. The average Bonchev–Trinajstić information content (AvgIpc) is 2.24. The normalized spacial score (nSPS) is 13.6. The van der Waals surface area contributed by atoms with Crippen molar-refractivity contribution in [1.29, 1.82) is 0 Å². The molecule has 0 bridgehead atoms. The summed E-state index contributed by atoms with van der Waals surface area (Å²) in [6.07, 6.45) is 1.09. The van der Waals surface area contributed by atoms with Crippen molar-refractivity contribution in [2.24, 2.45) is 11.1 Å². The molecule has 1 unspecified atom stereocenters. The molecule has 4 N–H and O–H groups in total. The first-order chi connectivity index (χ1) is 7.82. The van der Waals surface area contributed by atoms with Crippen LogP contribution in [0.3, 0.4) is 0 Å². The lowest BCUT2D eigenvalue weighted by Gasteiger charge is -2.09. The molecule has 1 aromatic rings. The van der Waals surface area contributed by atoms with E-state index in [4.69, 9.17) is 10.9 Å². The first-order valence-electron chi connectivity index (χ1n) is 5.39. The zero-order chi connectivity index (χ0) is 13.1. The third-order valence-corrected chi connectivity index (χ3v) is 4.66. The molecule has 6 heteroatoms. The molecule has 0 aromatic heterocycles. The van der Waals surface area contributed by atoms with Crippen molar-refractivity contribution in [3.05, 3.63) is 18.2 Å². The van der Waals surface area contributed by atoms with Crippen LogP contribution in [0.2, 0.25) is 0 Å². The Kier molecular flexibility index (Phi) is 4.85. The zero-order valence-corrected chi connectivity index (χ0v) is 11.6. The van der Waals surface area contributed by atoms with Gasteiger partial charge in [0, 0.05) is 16.3 Å². The van der Waals surface area contributed by atoms with Gasteiger partial charge in [-0.3, -0.25) is 0 Å². The number of hydrogen-bond acceptors (Lipinski definition) is 4. The Morgan fingerprint density at radius 1 is 1.35 bits per heavy atom. The predicted octanol–water partition coefficient (Wildman–Crippen LogP) is 2.05. The Morgan fingerprint density at radius 3 is 2.53 bits per heavy atom. The van der Waals surface area contributed by atoms with Crippen LogP contribution in [0.4, 0.5) is 5.69 Å². The first kappa shape index (κ1) is 14.3. The summed E-state index contributed by atoms with van der Waals surface area (Å²) in [7, 11) is -3.69. The Morgan fingerprint density at radius 2 is 2.00 bits per heavy atom. The van der Waals surface area contributed by atoms with E-state index in [2.05, 4.69) is 13.8 Å². The highest BCUT2D eigenvalue weighted by molar-refractivity contribution is 7.99. The number of primary sulfonamides is 1. The Balaban J connectivity index is 2.91. The van der Waals surface area contributed by atoms with Gasteiger partial charge in [0.15, 0.2) is 0 Å². The average molecular weight is 274 g/mol. The molecule has 0 spiro atoms. The lowest BCUT2D eigenvalue weighted by Crippen LogP contribution is -2.12. The number of benzene rings is 1. The van der Waals surface area contributed by atoms with Gasteiger partial charge in [0.1, 0.15) is 0 Å². The van der Waals surface area contributed by atoms with Gasteiger partial charge in [0.2, 0.25) is 10.0 Å². The van der Waals surface area contributed by atoms with E-state index in [0.717, 1.165) is 17.1 Å². The Bertz CT molecular complexity index is 486. The number of nitrogens with two attached hydrogens (primary N) is 2. The van der Waals surface area contributed by atoms with Gasteiger partial charge in [-0.25, -0.2) is 13.6 Å². The zero-order valence-electron chi connectivity index (χ0n) is 10.0. The van der Waals surface area contributed by atoms with Crippen LogP contribution in [0.5, 0.6) is 0 Å². The van der Waals surface area contributed by atoms with Crippen molar-refractivity contribution < 1.29 is 8.42 Å². The van der Waals surface area contributed by atoms with Crippen LogP contribution in [0, 0.1) is 5.92 Å². The summed E-state index contributed by atoms with van der Waals surface area (Å²) in [5.41, 5.74) is 6.08. The minimum absolute atomic E-state index is 0.0733. The fourth-order valence-corrected chi connectivity index (χ4v) is 3.01. The van der Waals surface area contributed by atoms with Crippen LogP contribution in [0.25, 0.3) is 0 Å². The van der Waals surface area contributed by atoms with E-state index < -0.39 is 10.0 Å². The molecule has 4 nitrogen and oxygen atoms in total. The van der Waals surface area contributed by atoms with Crippen LogP contribution < -0.4 is 10.9 Å². The molecule has 0 aliphatic carbocycles. The molecule has 0 saturated carbocycles. The maximum Gasteiger partial charge on any atom is 0.238 e. The molecule has 1 atom stereocenters. The summed E-state index contributed by atoms with van der Waals surface area (Å²) < 4.78 is 22.5. The van der Waals surface area contributed by atoms with Gasteiger partial charge < -0.3 is 5.73 Å². The maximum absolute atomic E-state index is 11.2. The summed E-state index contributed by atoms with van der Waals surface area (Å²) in [5, 5.41) is 5.08. The van der Waals surface area contributed by atoms with E-state index in [-0.39, 0.29) is 4.90 Å². The number of anilines is 1. The lowest BCUT2D eigenvalue weighted by molar-refractivity contribution is 0.597. The van der Waals surface area contributed by atoms with Crippen molar-refractivity contribution in [2.75, 3.05) is 11.5 Å². The Hall–Kier alpha value is -0.720. The molecule has 0 saturated heterocycles. The first-order valence-corrected chi connectivity index (χ1v) is 7.92. The molecular weight excluding hydrogens is 256 g/mol. The van der Waals surface area contributed by atoms with E-state index in [1.54, 1.807) is 23.9 Å². The van der Waals surface area contributed by atoms with E-state index in [1.165, 1.54) is 6.07 Å². The number of nitrogen functional groups attached to an aromatic ring is 1. The standard InChI is InChI=1S/C11H18N2O2S2/c1-3-8(2)7-16-10-4-9(12)5-11(6-10)17(13,14)15/h4-6,8H,3,7,12H2,1-2H3,(H2,13,14,15). The van der Waals surface area contributed by atoms with E-state index >= 15 is 0 Å². The van der Waals surface area contributed by atoms with Crippen LogP contribution in [0.1, 0.15) is 20.3 Å². The van der Waals surface area contributed by atoms with Gasteiger partial charge >= 0.3 is 0 Å². The van der Waals surface area contributed by atoms with Crippen LogP contribution in [-0.4, -0.2) is 14.2 Å². The minimum Gasteiger partial charge on any atom is -0.399 e. The van der Waals surface area contributed by atoms with Crippen molar-refractivity contribution in [2.45, 2.75) is 30.1 Å². The van der Waals surface area contributed by atoms with Gasteiger partial charge in [0.25, 0.3) is 0 Å². The second-order valence-electron chi connectivity index (χ2n) is 4.11. The van der Waals surface area contributed by atoms with Crippen LogP contribution in [0.15, 0.2) is 28.0 Å². The summed E-state index contributed by atoms with van der Waals surface area (Å²) in [4.78, 5) is 0.915. The van der Waals surface area contributed by atoms with Gasteiger partial charge in [-0.15, -0.1) is 11.8 Å². The van der Waals surface area contributed by atoms with Crippen molar-refractivity contribution in [3.63, 3.8) is 0 Å². The monoisotopic (exact) mass is 274 g/mol. The molecule has 1 rings (SSSR count).